The normalized spacial score (nSPS) is 11.6. The number of H-pyrrole nitrogens is 1. The number of tetrazole rings is 1. The first-order valence-corrected chi connectivity index (χ1v) is 12.2. The van der Waals surface area contributed by atoms with E-state index >= 15 is 0 Å². The smallest absolute Gasteiger partial charge is 0.205 e. The van der Waals surface area contributed by atoms with Crippen LogP contribution < -0.4 is 0 Å². The van der Waals surface area contributed by atoms with Gasteiger partial charge in [-0.25, -0.2) is 15.0 Å². The minimum Gasteiger partial charge on any atom is -0.308 e. The maximum Gasteiger partial charge on any atom is 0.205 e. The molecule has 1 N–H and O–H groups in total. The quantitative estimate of drug-likeness (QED) is 0.327. The number of aromatic amines is 1. The minimum atomic E-state index is 0.531. The lowest BCUT2D eigenvalue weighted by Gasteiger charge is -2.09. The molecule has 0 atom stereocenters. The summed E-state index contributed by atoms with van der Waals surface area (Å²) in [5, 5.41) is 14.5. The van der Waals surface area contributed by atoms with Crippen molar-refractivity contribution in [2.45, 2.75) is 33.2 Å². The minimum absolute atomic E-state index is 0.531. The fourth-order valence-electron chi connectivity index (χ4n) is 4.43. The fourth-order valence-corrected chi connectivity index (χ4v) is 5.04. The zero-order valence-electron chi connectivity index (χ0n) is 19.3. The number of aryl methyl sites for hydroxylation is 2. The number of hydrogen-bond donors (Lipinski definition) is 1. The van der Waals surface area contributed by atoms with Gasteiger partial charge in [-0.1, -0.05) is 31.2 Å². The van der Waals surface area contributed by atoms with Crippen LogP contribution in [-0.4, -0.2) is 44.5 Å². The SMILES string of the molecule is CCCc1nc2c(C)ccnc2n1Cc1ccn2c(Br)c(-c3ccccc3-c3nn[nH]n3)nc2c1. The highest BCUT2D eigenvalue weighted by Gasteiger charge is 2.19. The van der Waals surface area contributed by atoms with Crippen molar-refractivity contribution in [1.29, 1.82) is 0 Å². The monoisotopic (exact) mass is 527 g/mol. The molecular formula is C25H22BrN9. The molecule has 0 aliphatic carbocycles. The second kappa shape index (κ2) is 8.70. The third-order valence-corrected chi connectivity index (χ3v) is 6.89. The summed E-state index contributed by atoms with van der Waals surface area (Å²) in [6.45, 7) is 4.93. The van der Waals surface area contributed by atoms with E-state index in [4.69, 9.17) is 9.97 Å². The van der Waals surface area contributed by atoms with Crippen molar-refractivity contribution < 1.29 is 0 Å². The van der Waals surface area contributed by atoms with Crippen molar-refractivity contribution in [2.75, 3.05) is 0 Å². The number of halogens is 1. The van der Waals surface area contributed by atoms with Gasteiger partial charge in [-0.2, -0.15) is 5.21 Å². The Kier molecular flexibility index (Phi) is 5.37. The second-order valence-corrected chi connectivity index (χ2v) is 9.21. The standard InChI is InChI=1S/C25H22BrN9/c1-3-6-19-28-21-15(2)9-11-27-25(21)35(19)14-16-10-12-34-20(13-16)29-22(23(34)26)17-7-4-5-8-18(17)24-30-32-33-31-24/h4-5,7-13H,3,6,14H2,1-2H3,(H,30,31,32,33). The number of nitrogens with zero attached hydrogens (tertiary/aromatic N) is 8. The Balaban J connectivity index is 1.43. The molecule has 0 aliphatic heterocycles. The number of imidazole rings is 2. The van der Waals surface area contributed by atoms with Crippen LogP contribution in [-0.2, 0) is 13.0 Å². The van der Waals surface area contributed by atoms with Crippen molar-refractivity contribution >= 4 is 32.7 Å². The lowest BCUT2D eigenvalue weighted by atomic mass is 10.0. The number of hydrogen-bond acceptors (Lipinski definition) is 6. The summed E-state index contributed by atoms with van der Waals surface area (Å²) in [6, 6.07) is 14.2. The van der Waals surface area contributed by atoms with E-state index in [-0.39, 0.29) is 0 Å². The summed E-state index contributed by atoms with van der Waals surface area (Å²) in [6.07, 6.45) is 5.83. The Morgan fingerprint density at radius 1 is 1.06 bits per heavy atom. The Morgan fingerprint density at radius 2 is 1.91 bits per heavy atom. The van der Waals surface area contributed by atoms with Crippen LogP contribution in [0, 0.1) is 6.92 Å². The van der Waals surface area contributed by atoms with E-state index in [0.29, 0.717) is 12.4 Å². The summed E-state index contributed by atoms with van der Waals surface area (Å²) in [5.41, 5.74) is 7.63. The van der Waals surface area contributed by atoms with Gasteiger partial charge < -0.3 is 4.57 Å². The topological polar surface area (TPSA) is 102 Å². The molecule has 0 saturated heterocycles. The molecule has 35 heavy (non-hydrogen) atoms. The molecule has 5 heterocycles. The number of nitrogens with one attached hydrogen (secondary N) is 1. The molecule has 0 unspecified atom stereocenters. The molecule has 0 fully saturated rings. The molecule has 0 bridgehead atoms. The Bertz CT molecular complexity index is 1660. The first-order valence-electron chi connectivity index (χ1n) is 11.4. The van der Waals surface area contributed by atoms with E-state index in [1.54, 1.807) is 0 Å². The predicted molar refractivity (Wildman–Crippen MR) is 137 cm³/mol. The summed E-state index contributed by atoms with van der Waals surface area (Å²) >= 11 is 3.75. The lowest BCUT2D eigenvalue weighted by Crippen LogP contribution is -2.06. The summed E-state index contributed by atoms with van der Waals surface area (Å²) in [7, 11) is 0. The first kappa shape index (κ1) is 21.6. The molecule has 10 heteroatoms. The number of rotatable bonds is 6. The van der Waals surface area contributed by atoms with Gasteiger partial charge in [0.05, 0.1) is 6.54 Å². The first-order chi connectivity index (χ1) is 17.1. The number of pyridine rings is 2. The van der Waals surface area contributed by atoms with Crippen LogP contribution in [0.4, 0.5) is 0 Å². The summed E-state index contributed by atoms with van der Waals surface area (Å²) in [5.74, 6) is 1.59. The van der Waals surface area contributed by atoms with Gasteiger partial charge in [0.25, 0.3) is 0 Å². The van der Waals surface area contributed by atoms with Gasteiger partial charge in [0, 0.05) is 29.9 Å². The highest BCUT2D eigenvalue weighted by Crippen LogP contribution is 2.35. The van der Waals surface area contributed by atoms with Crippen LogP contribution >= 0.6 is 15.9 Å². The molecule has 6 aromatic rings. The number of fused-ring (bicyclic) bond motifs is 2. The van der Waals surface area contributed by atoms with E-state index in [1.807, 2.05) is 47.1 Å². The van der Waals surface area contributed by atoms with Crippen LogP contribution in [0.1, 0.15) is 30.3 Å². The Labute approximate surface area is 209 Å². The van der Waals surface area contributed by atoms with Crippen molar-refractivity contribution in [3.05, 3.63) is 76.4 Å². The van der Waals surface area contributed by atoms with Crippen molar-refractivity contribution in [3.63, 3.8) is 0 Å². The van der Waals surface area contributed by atoms with Gasteiger partial charge in [0.2, 0.25) is 5.82 Å². The maximum absolute atomic E-state index is 4.97. The van der Waals surface area contributed by atoms with Crippen LogP contribution in [0.25, 0.3) is 39.5 Å². The summed E-state index contributed by atoms with van der Waals surface area (Å²) in [4.78, 5) is 14.5. The van der Waals surface area contributed by atoms with Gasteiger partial charge in [0.15, 0.2) is 5.65 Å². The zero-order valence-corrected chi connectivity index (χ0v) is 20.9. The van der Waals surface area contributed by atoms with Crippen LogP contribution in [0.15, 0.2) is 59.5 Å². The van der Waals surface area contributed by atoms with Crippen molar-refractivity contribution in [2.24, 2.45) is 0 Å². The fraction of sp³-hybridized carbons (Fsp3) is 0.200. The van der Waals surface area contributed by atoms with E-state index in [0.717, 1.165) is 68.0 Å². The molecular weight excluding hydrogens is 506 g/mol. The van der Waals surface area contributed by atoms with Crippen LogP contribution in [0.5, 0.6) is 0 Å². The lowest BCUT2D eigenvalue weighted by molar-refractivity contribution is 0.716. The molecule has 9 nitrogen and oxygen atoms in total. The van der Waals surface area contributed by atoms with E-state index in [2.05, 4.69) is 72.1 Å². The average Bonchev–Trinajstić information content (AvgIpc) is 3.59. The molecule has 1 aromatic carbocycles. The largest absolute Gasteiger partial charge is 0.308 e. The predicted octanol–water partition coefficient (Wildman–Crippen LogP) is 5.00. The van der Waals surface area contributed by atoms with Gasteiger partial charge in [-0.05, 0) is 63.8 Å². The van der Waals surface area contributed by atoms with Crippen LogP contribution in [0.3, 0.4) is 0 Å². The molecule has 5 aromatic heterocycles. The van der Waals surface area contributed by atoms with Gasteiger partial charge >= 0.3 is 0 Å². The molecule has 0 spiro atoms. The van der Waals surface area contributed by atoms with E-state index in [9.17, 15) is 0 Å². The molecule has 6 rings (SSSR count). The highest BCUT2D eigenvalue weighted by molar-refractivity contribution is 9.10. The third-order valence-electron chi connectivity index (χ3n) is 6.13. The van der Waals surface area contributed by atoms with Gasteiger partial charge in [-0.3, -0.25) is 4.40 Å². The molecule has 0 aliphatic rings. The van der Waals surface area contributed by atoms with Gasteiger partial charge in [-0.15, -0.1) is 10.2 Å². The van der Waals surface area contributed by atoms with Gasteiger partial charge in [0.1, 0.15) is 27.3 Å². The Hall–Kier alpha value is -3.92. The summed E-state index contributed by atoms with van der Waals surface area (Å²) < 4.78 is 5.13. The highest BCUT2D eigenvalue weighted by atomic mass is 79.9. The molecule has 0 amide bonds. The molecule has 0 radical (unpaired) electrons. The number of benzene rings is 1. The van der Waals surface area contributed by atoms with E-state index in [1.165, 1.54) is 0 Å². The average molecular weight is 528 g/mol. The zero-order chi connectivity index (χ0) is 23.9. The van der Waals surface area contributed by atoms with E-state index < -0.39 is 0 Å². The number of aromatic nitrogens is 9. The van der Waals surface area contributed by atoms with Crippen LogP contribution in [0.2, 0.25) is 0 Å². The Morgan fingerprint density at radius 3 is 2.71 bits per heavy atom. The molecule has 0 saturated carbocycles. The second-order valence-electron chi connectivity index (χ2n) is 8.46. The van der Waals surface area contributed by atoms with Crippen molar-refractivity contribution in [1.82, 2.24) is 44.5 Å². The van der Waals surface area contributed by atoms with Crippen molar-refractivity contribution in [3.8, 4) is 22.6 Å². The maximum atomic E-state index is 4.97. The molecule has 174 valence electrons. The third kappa shape index (κ3) is 3.70.